The maximum Gasteiger partial charge on any atom is 0.416 e. The maximum absolute atomic E-state index is 13.1. The zero-order chi connectivity index (χ0) is 24.5. The van der Waals surface area contributed by atoms with Crippen molar-refractivity contribution in [1.82, 2.24) is 4.57 Å². The number of alkyl halides is 3. The van der Waals surface area contributed by atoms with Crippen molar-refractivity contribution in [1.29, 1.82) is 0 Å². The Morgan fingerprint density at radius 2 is 1.43 bits per heavy atom. The van der Waals surface area contributed by atoms with E-state index in [0.29, 0.717) is 39.2 Å². The summed E-state index contributed by atoms with van der Waals surface area (Å²) in [6, 6.07) is 19.2. The average molecular weight is 471 g/mol. The Labute approximate surface area is 196 Å². The minimum atomic E-state index is -4.41. The third-order valence-corrected chi connectivity index (χ3v) is 6.42. The number of halogens is 3. The molecule has 6 rings (SSSR count). The number of fused-ring (bicyclic) bond motifs is 3. The van der Waals surface area contributed by atoms with Crippen molar-refractivity contribution < 1.29 is 27.2 Å². The Balaban J connectivity index is 1.36. The molecular weight excluding hydrogens is 455 g/mol. The Bertz CT molecular complexity index is 1660. The second kappa shape index (κ2) is 7.30. The molecule has 0 spiro atoms. The zero-order valence-corrected chi connectivity index (χ0v) is 18.3. The molecule has 7 heteroatoms. The summed E-state index contributed by atoms with van der Waals surface area (Å²) in [6.45, 7) is 0. The van der Waals surface area contributed by atoms with Crippen molar-refractivity contribution in [3.05, 3.63) is 101 Å². The van der Waals surface area contributed by atoms with Crippen molar-refractivity contribution in [3.63, 3.8) is 0 Å². The Kier molecular flexibility index (Phi) is 4.42. The molecule has 0 unspecified atom stereocenters. The molecule has 0 aliphatic heterocycles. The molecule has 4 nitrogen and oxygen atoms in total. The summed E-state index contributed by atoms with van der Waals surface area (Å²) in [5, 5.41) is 1.78. The van der Waals surface area contributed by atoms with Gasteiger partial charge in [0.1, 0.15) is 5.76 Å². The van der Waals surface area contributed by atoms with Crippen molar-refractivity contribution in [3.8, 4) is 11.3 Å². The molecule has 2 heterocycles. The summed E-state index contributed by atoms with van der Waals surface area (Å²) < 4.78 is 46.2. The summed E-state index contributed by atoms with van der Waals surface area (Å²) in [7, 11) is 1.77. The molecule has 0 N–H and O–H groups in total. The molecule has 0 saturated carbocycles. The molecule has 0 bridgehead atoms. The first kappa shape index (κ1) is 21.2. The van der Waals surface area contributed by atoms with Crippen molar-refractivity contribution in [2.24, 2.45) is 7.05 Å². The lowest BCUT2D eigenvalue weighted by molar-refractivity contribution is -0.137. The molecule has 1 aliphatic carbocycles. The fraction of sp³-hybridized carbons (Fsp3) is 0.0714. The number of ketones is 2. The first-order valence-electron chi connectivity index (χ1n) is 10.8. The maximum atomic E-state index is 13.1. The highest BCUT2D eigenvalue weighted by Gasteiger charge is 2.34. The number of furan rings is 1. The van der Waals surface area contributed by atoms with E-state index in [0.717, 1.165) is 22.9 Å². The van der Waals surface area contributed by atoms with Crippen LogP contribution in [0.5, 0.6) is 0 Å². The summed E-state index contributed by atoms with van der Waals surface area (Å²) in [6.07, 6.45) is -2.85. The lowest BCUT2D eigenvalue weighted by Crippen LogP contribution is -2.03. The molecule has 172 valence electrons. The van der Waals surface area contributed by atoms with Gasteiger partial charge in [0.05, 0.1) is 16.7 Å². The van der Waals surface area contributed by atoms with Crippen LogP contribution in [-0.4, -0.2) is 16.1 Å². The van der Waals surface area contributed by atoms with Gasteiger partial charge in [-0.3, -0.25) is 9.59 Å². The van der Waals surface area contributed by atoms with Gasteiger partial charge >= 0.3 is 6.18 Å². The number of Topliss-reactive ketones (excluding diaryl/α,β-unsaturated/α-hetero) is 2. The zero-order valence-electron chi connectivity index (χ0n) is 18.3. The Morgan fingerprint density at radius 1 is 0.829 bits per heavy atom. The highest BCUT2D eigenvalue weighted by molar-refractivity contribution is 6.42. The molecule has 0 radical (unpaired) electrons. The van der Waals surface area contributed by atoms with Crippen molar-refractivity contribution in [2.75, 3.05) is 0 Å². The molecule has 0 fully saturated rings. The van der Waals surface area contributed by atoms with Crippen LogP contribution in [0.4, 0.5) is 13.2 Å². The van der Waals surface area contributed by atoms with Gasteiger partial charge in [0.25, 0.3) is 0 Å². The topological polar surface area (TPSA) is 52.2 Å². The fourth-order valence-electron chi connectivity index (χ4n) is 4.52. The normalized spacial score (nSPS) is 13.8. The van der Waals surface area contributed by atoms with E-state index in [2.05, 4.69) is 0 Å². The van der Waals surface area contributed by atoms with E-state index in [-0.39, 0.29) is 17.1 Å². The van der Waals surface area contributed by atoms with Crippen LogP contribution in [-0.2, 0) is 13.2 Å². The largest absolute Gasteiger partial charge is 0.454 e. The Hall–Kier alpha value is -4.39. The van der Waals surface area contributed by atoms with Gasteiger partial charge in [-0.25, -0.2) is 0 Å². The summed E-state index contributed by atoms with van der Waals surface area (Å²) in [5.41, 5.74) is 2.44. The predicted molar refractivity (Wildman–Crippen MR) is 126 cm³/mol. The lowest BCUT2D eigenvalue weighted by Gasteiger charge is -2.06. The van der Waals surface area contributed by atoms with E-state index in [1.807, 2.05) is 24.3 Å². The summed E-state index contributed by atoms with van der Waals surface area (Å²) in [5.74, 6) is -0.219. The van der Waals surface area contributed by atoms with Crippen LogP contribution in [0.2, 0.25) is 0 Å². The lowest BCUT2D eigenvalue weighted by atomic mass is 10.0. The van der Waals surface area contributed by atoms with Gasteiger partial charge in [0, 0.05) is 41.6 Å². The molecule has 0 saturated heterocycles. The van der Waals surface area contributed by atoms with Crippen molar-refractivity contribution >= 4 is 39.5 Å². The number of carbonyl (C=O) groups excluding carboxylic acids is 2. The molecule has 35 heavy (non-hydrogen) atoms. The van der Waals surface area contributed by atoms with Crippen LogP contribution in [0.15, 0.2) is 82.8 Å². The van der Waals surface area contributed by atoms with Crippen molar-refractivity contribution in [2.45, 2.75) is 6.18 Å². The standard InChI is InChI=1S/C28H16F3NO3/c1-32-19(12-22-26(33)20-10-16-4-2-3-5-17(16)11-21(20)27(22)34)13-25-23(32)14-24(35-25)15-6-8-18(9-7-15)28(29,30)31/h2-14H,1H3. The Morgan fingerprint density at radius 3 is 1.97 bits per heavy atom. The number of hydrogen-bond acceptors (Lipinski definition) is 3. The van der Waals surface area contributed by atoms with E-state index < -0.39 is 11.7 Å². The average Bonchev–Trinajstić information content (AvgIpc) is 3.45. The van der Waals surface area contributed by atoms with Gasteiger partial charge in [-0.15, -0.1) is 0 Å². The molecule has 2 aromatic heterocycles. The number of hydrogen-bond donors (Lipinski definition) is 0. The number of nitrogens with zero attached hydrogens (tertiary/aromatic N) is 1. The van der Waals surface area contributed by atoms with Gasteiger partial charge in [-0.1, -0.05) is 36.4 Å². The quantitative estimate of drug-likeness (QED) is 0.204. The monoisotopic (exact) mass is 471 g/mol. The molecule has 3 aromatic carbocycles. The second-order valence-corrected chi connectivity index (χ2v) is 8.52. The number of aryl methyl sites for hydroxylation is 1. The molecule has 0 amide bonds. The summed E-state index contributed by atoms with van der Waals surface area (Å²) >= 11 is 0. The third kappa shape index (κ3) is 3.31. The van der Waals surface area contributed by atoms with Gasteiger partial charge in [0.2, 0.25) is 0 Å². The smallest absolute Gasteiger partial charge is 0.416 e. The van der Waals surface area contributed by atoms with E-state index in [1.54, 1.807) is 42.0 Å². The first-order valence-corrected chi connectivity index (χ1v) is 10.8. The number of rotatable bonds is 2. The first-order chi connectivity index (χ1) is 16.7. The molecular formula is C28H16F3NO3. The van der Waals surface area contributed by atoms with Crippen LogP contribution < -0.4 is 0 Å². The summed E-state index contributed by atoms with van der Waals surface area (Å²) in [4.78, 5) is 26.1. The van der Waals surface area contributed by atoms with Crippen LogP contribution in [0.1, 0.15) is 32.0 Å². The molecule has 5 aromatic rings. The van der Waals surface area contributed by atoms with Crippen LogP contribution in [0.25, 0.3) is 39.3 Å². The minimum Gasteiger partial charge on any atom is -0.454 e. The molecule has 1 aliphatic rings. The highest BCUT2D eigenvalue weighted by atomic mass is 19.4. The van der Waals surface area contributed by atoms with Gasteiger partial charge in [-0.05, 0) is 41.1 Å². The number of carbonyl (C=O) groups is 2. The second-order valence-electron chi connectivity index (χ2n) is 8.52. The third-order valence-electron chi connectivity index (χ3n) is 6.42. The van der Waals surface area contributed by atoms with E-state index in [4.69, 9.17) is 4.42 Å². The SMILES string of the molecule is Cn1c(C=C2C(=O)c3cc4ccccc4cc3C2=O)cc2oc(-c3ccc(C(F)(F)F)cc3)cc21. The predicted octanol–water partition coefficient (Wildman–Crippen LogP) is 7.07. The van der Waals surface area contributed by atoms with Gasteiger partial charge in [-0.2, -0.15) is 13.2 Å². The number of aromatic nitrogens is 1. The van der Waals surface area contributed by atoms with Crippen LogP contribution in [0.3, 0.4) is 0 Å². The fourth-order valence-corrected chi connectivity index (χ4v) is 4.52. The van der Waals surface area contributed by atoms with E-state index in [9.17, 15) is 22.8 Å². The van der Waals surface area contributed by atoms with E-state index >= 15 is 0 Å². The van der Waals surface area contributed by atoms with E-state index in [1.165, 1.54) is 12.1 Å². The van der Waals surface area contributed by atoms with Gasteiger partial charge in [0.15, 0.2) is 17.1 Å². The highest BCUT2D eigenvalue weighted by Crippen LogP contribution is 2.35. The number of benzene rings is 3. The molecule has 0 atom stereocenters. The van der Waals surface area contributed by atoms with Gasteiger partial charge < -0.3 is 8.98 Å². The number of allylic oxidation sites excluding steroid dienone is 1. The van der Waals surface area contributed by atoms with Crippen LogP contribution in [0, 0.1) is 0 Å². The van der Waals surface area contributed by atoms with Crippen LogP contribution >= 0.6 is 0 Å². The minimum absolute atomic E-state index is 0.0847.